The van der Waals surface area contributed by atoms with Crippen LogP contribution in [0.5, 0.6) is 0 Å². The summed E-state index contributed by atoms with van der Waals surface area (Å²) >= 11 is 0. The molecule has 2 rings (SSSR count). The van der Waals surface area contributed by atoms with Gasteiger partial charge in [-0.1, -0.05) is 30.3 Å². The number of alkyl halides is 3. The van der Waals surface area contributed by atoms with Gasteiger partial charge in [0.25, 0.3) is 5.91 Å². The van der Waals surface area contributed by atoms with Gasteiger partial charge in [0.15, 0.2) is 6.61 Å². The zero-order valence-electron chi connectivity index (χ0n) is 12.9. The van der Waals surface area contributed by atoms with Gasteiger partial charge < -0.3 is 10.1 Å². The number of carbonyl (C=O) groups is 2. The van der Waals surface area contributed by atoms with E-state index in [0.717, 1.165) is 29.8 Å². The first-order chi connectivity index (χ1) is 11.8. The first kappa shape index (κ1) is 18.3. The molecule has 0 saturated heterocycles. The van der Waals surface area contributed by atoms with E-state index in [1.807, 2.05) is 18.2 Å². The SMILES string of the molecule is O=C(COC(=O)C=Cc1ccccc1)Nc1ccc(C(F)(F)F)cc1. The van der Waals surface area contributed by atoms with E-state index in [1.165, 1.54) is 12.2 Å². The predicted molar refractivity (Wildman–Crippen MR) is 86.5 cm³/mol. The van der Waals surface area contributed by atoms with Crippen LogP contribution in [0, 0.1) is 0 Å². The summed E-state index contributed by atoms with van der Waals surface area (Å²) < 4.78 is 42.1. The third-order valence-electron chi connectivity index (χ3n) is 3.05. The molecule has 25 heavy (non-hydrogen) atoms. The van der Waals surface area contributed by atoms with Crippen molar-refractivity contribution in [3.05, 3.63) is 71.8 Å². The van der Waals surface area contributed by atoms with Crippen molar-refractivity contribution in [2.75, 3.05) is 11.9 Å². The first-order valence-corrected chi connectivity index (χ1v) is 7.21. The topological polar surface area (TPSA) is 55.4 Å². The van der Waals surface area contributed by atoms with E-state index in [9.17, 15) is 22.8 Å². The quantitative estimate of drug-likeness (QED) is 0.658. The van der Waals surface area contributed by atoms with Crippen LogP contribution in [0.4, 0.5) is 18.9 Å². The maximum atomic E-state index is 12.4. The van der Waals surface area contributed by atoms with Crippen LogP contribution in [0.2, 0.25) is 0 Å². The number of esters is 1. The average molecular weight is 349 g/mol. The average Bonchev–Trinajstić information content (AvgIpc) is 2.59. The second-order valence-electron chi connectivity index (χ2n) is 4.98. The number of nitrogens with one attached hydrogen (secondary N) is 1. The Labute approximate surface area is 141 Å². The fourth-order valence-electron chi connectivity index (χ4n) is 1.85. The predicted octanol–water partition coefficient (Wildman–Crippen LogP) is 3.90. The van der Waals surface area contributed by atoms with Crippen molar-refractivity contribution in [2.24, 2.45) is 0 Å². The molecule has 0 fully saturated rings. The molecule has 0 aromatic heterocycles. The molecule has 130 valence electrons. The summed E-state index contributed by atoms with van der Waals surface area (Å²) in [6, 6.07) is 13.0. The number of rotatable bonds is 5. The number of hydrogen-bond donors (Lipinski definition) is 1. The summed E-state index contributed by atoms with van der Waals surface area (Å²) in [5.41, 5.74) is 0.158. The maximum Gasteiger partial charge on any atom is 0.416 e. The van der Waals surface area contributed by atoms with E-state index in [1.54, 1.807) is 12.1 Å². The number of carbonyl (C=O) groups excluding carboxylic acids is 2. The van der Waals surface area contributed by atoms with Crippen molar-refractivity contribution in [3.63, 3.8) is 0 Å². The van der Waals surface area contributed by atoms with Gasteiger partial charge in [0.2, 0.25) is 0 Å². The van der Waals surface area contributed by atoms with Crippen molar-refractivity contribution in [1.82, 2.24) is 0 Å². The van der Waals surface area contributed by atoms with Crippen molar-refractivity contribution in [2.45, 2.75) is 6.18 Å². The highest BCUT2D eigenvalue weighted by Crippen LogP contribution is 2.29. The molecule has 4 nitrogen and oxygen atoms in total. The number of ether oxygens (including phenoxy) is 1. The third-order valence-corrected chi connectivity index (χ3v) is 3.05. The lowest BCUT2D eigenvalue weighted by Gasteiger charge is -2.08. The molecule has 0 aliphatic rings. The smallest absolute Gasteiger partial charge is 0.416 e. The molecule has 7 heteroatoms. The van der Waals surface area contributed by atoms with Crippen LogP contribution in [0.3, 0.4) is 0 Å². The summed E-state index contributed by atoms with van der Waals surface area (Å²) in [5.74, 6) is -1.35. The summed E-state index contributed by atoms with van der Waals surface area (Å²) in [6.45, 7) is -0.543. The summed E-state index contributed by atoms with van der Waals surface area (Å²) in [6.07, 6.45) is -1.72. The molecular weight excluding hydrogens is 335 g/mol. The molecule has 0 radical (unpaired) electrons. The van der Waals surface area contributed by atoms with Gasteiger partial charge in [-0.15, -0.1) is 0 Å². The molecular formula is C18H14F3NO3. The van der Waals surface area contributed by atoms with Crippen LogP contribution in [0.15, 0.2) is 60.7 Å². The Kier molecular flexibility index (Phi) is 5.94. The van der Waals surface area contributed by atoms with Crippen molar-refractivity contribution < 1.29 is 27.5 Å². The van der Waals surface area contributed by atoms with Crippen LogP contribution < -0.4 is 5.32 Å². The number of halogens is 3. The van der Waals surface area contributed by atoms with Crippen molar-refractivity contribution in [1.29, 1.82) is 0 Å². The fourth-order valence-corrected chi connectivity index (χ4v) is 1.85. The third kappa shape index (κ3) is 6.14. The van der Waals surface area contributed by atoms with Crippen molar-refractivity contribution in [3.8, 4) is 0 Å². The van der Waals surface area contributed by atoms with E-state index < -0.39 is 30.2 Å². The molecule has 0 heterocycles. The van der Waals surface area contributed by atoms with E-state index in [4.69, 9.17) is 4.74 Å². The Morgan fingerprint density at radius 2 is 1.64 bits per heavy atom. The zero-order valence-corrected chi connectivity index (χ0v) is 12.9. The first-order valence-electron chi connectivity index (χ1n) is 7.21. The fraction of sp³-hybridized carbons (Fsp3) is 0.111. The van der Waals surface area contributed by atoms with Crippen LogP contribution in [-0.2, 0) is 20.5 Å². The molecule has 2 aromatic rings. The Balaban J connectivity index is 1.80. The maximum absolute atomic E-state index is 12.4. The highest BCUT2D eigenvalue weighted by atomic mass is 19.4. The molecule has 1 amide bonds. The normalized spacial score (nSPS) is 11.3. The van der Waals surface area contributed by atoms with Crippen LogP contribution in [0.1, 0.15) is 11.1 Å². The van der Waals surface area contributed by atoms with Gasteiger partial charge in [0.1, 0.15) is 0 Å². The Morgan fingerprint density at radius 3 is 2.24 bits per heavy atom. The molecule has 0 unspecified atom stereocenters. The largest absolute Gasteiger partial charge is 0.452 e. The van der Waals surface area contributed by atoms with Gasteiger partial charge in [-0.25, -0.2) is 4.79 Å². The summed E-state index contributed by atoms with van der Waals surface area (Å²) in [7, 11) is 0. The summed E-state index contributed by atoms with van der Waals surface area (Å²) in [4.78, 5) is 23.2. The minimum Gasteiger partial charge on any atom is -0.452 e. The van der Waals surface area contributed by atoms with Gasteiger partial charge in [-0.05, 0) is 35.9 Å². The summed E-state index contributed by atoms with van der Waals surface area (Å²) in [5, 5.41) is 2.34. The highest BCUT2D eigenvalue weighted by molar-refractivity contribution is 5.94. The number of benzene rings is 2. The standard InChI is InChI=1S/C18H14F3NO3/c19-18(20,21)14-7-9-15(10-8-14)22-16(23)12-25-17(24)11-6-13-4-2-1-3-5-13/h1-11H,12H2,(H,22,23). The van der Waals surface area contributed by atoms with Gasteiger partial charge in [-0.3, -0.25) is 4.79 Å². The van der Waals surface area contributed by atoms with Crippen molar-refractivity contribution >= 4 is 23.6 Å². The number of hydrogen-bond acceptors (Lipinski definition) is 3. The van der Waals surface area contributed by atoms with Gasteiger partial charge >= 0.3 is 12.1 Å². The van der Waals surface area contributed by atoms with Gasteiger partial charge in [-0.2, -0.15) is 13.2 Å². The molecule has 2 aromatic carbocycles. The number of amides is 1. The van der Waals surface area contributed by atoms with Crippen LogP contribution in [0.25, 0.3) is 6.08 Å². The van der Waals surface area contributed by atoms with E-state index in [-0.39, 0.29) is 5.69 Å². The Morgan fingerprint density at radius 1 is 1.00 bits per heavy atom. The van der Waals surface area contributed by atoms with E-state index >= 15 is 0 Å². The highest BCUT2D eigenvalue weighted by Gasteiger charge is 2.29. The monoisotopic (exact) mass is 349 g/mol. The van der Waals surface area contributed by atoms with E-state index in [0.29, 0.717) is 0 Å². The second kappa shape index (κ2) is 8.14. The van der Waals surface area contributed by atoms with E-state index in [2.05, 4.69) is 5.32 Å². The minimum absolute atomic E-state index is 0.175. The minimum atomic E-state index is -4.44. The molecule has 0 spiro atoms. The molecule has 0 saturated carbocycles. The zero-order chi connectivity index (χ0) is 18.3. The second-order valence-corrected chi connectivity index (χ2v) is 4.98. The lowest BCUT2D eigenvalue weighted by molar-refractivity contribution is -0.142. The molecule has 0 atom stereocenters. The molecule has 0 aliphatic heterocycles. The van der Waals surface area contributed by atoms with Gasteiger partial charge in [0.05, 0.1) is 5.56 Å². The molecule has 0 bridgehead atoms. The number of anilines is 1. The Hall–Kier alpha value is -3.09. The Bertz CT molecular complexity index is 753. The lowest BCUT2D eigenvalue weighted by Crippen LogP contribution is -2.20. The van der Waals surface area contributed by atoms with Gasteiger partial charge in [0, 0.05) is 11.8 Å². The van der Waals surface area contributed by atoms with Crippen LogP contribution >= 0.6 is 0 Å². The molecule has 1 N–H and O–H groups in total. The molecule has 0 aliphatic carbocycles. The lowest BCUT2D eigenvalue weighted by atomic mass is 10.2. The van der Waals surface area contributed by atoms with Crippen LogP contribution in [-0.4, -0.2) is 18.5 Å².